The first-order valence-electron chi connectivity index (χ1n) is 4.58. The lowest BCUT2D eigenvalue weighted by atomic mass is 10.2. The quantitative estimate of drug-likeness (QED) is 0.385. The Labute approximate surface area is 93.0 Å². The molecule has 1 rings (SSSR count). The van der Waals surface area contributed by atoms with Gasteiger partial charge in [0.1, 0.15) is 0 Å². The van der Waals surface area contributed by atoms with Crippen LogP contribution in [0.1, 0.15) is 12.5 Å². The summed E-state index contributed by atoms with van der Waals surface area (Å²) in [6.07, 6.45) is 1.46. The highest BCUT2D eigenvalue weighted by Gasteiger charge is 1.99. The maximum absolute atomic E-state index is 10.9. The molecule has 0 saturated carbocycles. The van der Waals surface area contributed by atoms with Gasteiger partial charge in [-0.2, -0.15) is 5.10 Å². The smallest absolute Gasteiger partial charge is 0.221 e. The van der Waals surface area contributed by atoms with Crippen LogP contribution in [0.15, 0.2) is 34.5 Å². The van der Waals surface area contributed by atoms with Gasteiger partial charge in [-0.3, -0.25) is 4.79 Å². The van der Waals surface area contributed by atoms with Crippen molar-refractivity contribution in [3.63, 3.8) is 0 Å². The first-order valence-corrected chi connectivity index (χ1v) is 4.58. The Morgan fingerprint density at radius 2 is 2.06 bits per heavy atom. The predicted molar refractivity (Wildman–Crippen MR) is 64.1 cm³/mol. The number of anilines is 1. The van der Waals surface area contributed by atoms with Gasteiger partial charge in [0, 0.05) is 18.2 Å². The molecule has 1 aromatic carbocycles. The summed E-state index contributed by atoms with van der Waals surface area (Å²) in [5.74, 6) is -0.268. The van der Waals surface area contributed by atoms with E-state index >= 15 is 0 Å². The Balaban J connectivity index is 2.90. The number of hydrogen-bond acceptors (Lipinski definition) is 3. The lowest BCUT2D eigenvalue weighted by Crippen LogP contribution is -2.21. The fraction of sp³-hybridized carbons (Fsp3) is 0.100. The molecule has 0 saturated heterocycles. The molecule has 0 spiro atoms. The molecule has 5 N–H and O–H groups in total. The molecular weight excluding hydrogens is 206 g/mol. The molecule has 0 radical (unpaired) electrons. The van der Waals surface area contributed by atoms with Gasteiger partial charge >= 0.3 is 0 Å². The van der Waals surface area contributed by atoms with E-state index in [2.05, 4.69) is 15.5 Å². The predicted octanol–water partition coefficient (Wildman–Crippen LogP) is 0.252. The zero-order valence-electron chi connectivity index (χ0n) is 8.84. The van der Waals surface area contributed by atoms with Gasteiger partial charge in [0.05, 0.1) is 6.21 Å². The van der Waals surface area contributed by atoms with E-state index in [-0.39, 0.29) is 11.9 Å². The topological polar surface area (TPSA) is 106 Å². The van der Waals surface area contributed by atoms with E-state index in [4.69, 9.17) is 11.5 Å². The molecular formula is C10H13N5O. The zero-order chi connectivity index (χ0) is 12.0. The minimum Gasteiger partial charge on any atom is -0.369 e. The van der Waals surface area contributed by atoms with E-state index in [9.17, 15) is 4.79 Å². The third kappa shape index (κ3) is 3.79. The highest BCUT2D eigenvalue weighted by atomic mass is 16.1. The van der Waals surface area contributed by atoms with Crippen LogP contribution in [0.2, 0.25) is 0 Å². The maximum Gasteiger partial charge on any atom is 0.221 e. The van der Waals surface area contributed by atoms with Gasteiger partial charge in [0.15, 0.2) is 0 Å². The van der Waals surface area contributed by atoms with E-state index in [1.165, 1.54) is 13.1 Å². The number of hydrogen-bond donors (Lipinski definition) is 3. The molecule has 0 atom stereocenters. The zero-order valence-corrected chi connectivity index (χ0v) is 8.84. The fourth-order valence-electron chi connectivity index (χ4n) is 1.07. The van der Waals surface area contributed by atoms with Crippen LogP contribution in [0.3, 0.4) is 0 Å². The van der Waals surface area contributed by atoms with Crippen molar-refractivity contribution in [1.29, 1.82) is 0 Å². The van der Waals surface area contributed by atoms with E-state index in [1.54, 1.807) is 12.1 Å². The van der Waals surface area contributed by atoms with Crippen molar-refractivity contribution < 1.29 is 4.79 Å². The largest absolute Gasteiger partial charge is 0.369 e. The normalized spacial score (nSPS) is 10.1. The van der Waals surface area contributed by atoms with Gasteiger partial charge in [-0.25, -0.2) is 0 Å². The fourth-order valence-corrected chi connectivity index (χ4v) is 1.07. The minimum atomic E-state index is -0.150. The molecule has 0 unspecified atom stereocenters. The number of carbonyl (C=O) groups excluding carboxylic acids is 1. The number of nitrogens with one attached hydrogen (secondary N) is 1. The minimum absolute atomic E-state index is 0.117. The highest BCUT2D eigenvalue weighted by Crippen LogP contribution is 2.12. The number of rotatable bonds is 3. The third-order valence-electron chi connectivity index (χ3n) is 1.64. The molecule has 1 amide bonds. The summed E-state index contributed by atoms with van der Waals surface area (Å²) in [6, 6.07) is 7.18. The SMILES string of the molecule is CC(=O)Nc1ccccc1C=NN=C(N)N. The second-order valence-corrected chi connectivity index (χ2v) is 3.04. The Hall–Kier alpha value is -2.37. The van der Waals surface area contributed by atoms with Crippen LogP contribution in [-0.4, -0.2) is 18.1 Å². The Bertz CT molecular complexity index is 435. The average Bonchev–Trinajstić information content (AvgIpc) is 2.19. The van der Waals surface area contributed by atoms with E-state index in [1.807, 2.05) is 12.1 Å². The van der Waals surface area contributed by atoms with Crippen molar-refractivity contribution in [2.75, 3.05) is 5.32 Å². The number of benzene rings is 1. The molecule has 0 aliphatic rings. The van der Waals surface area contributed by atoms with Gasteiger partial charge in [-0.1, -0.05) is 18.2 Å². The highest BCUT2D eigenvalue weighted by molar-refractivity contribution is 5.96. The van der Waals surface area contributed by atoms with Gasteiger partial charge in [0.2, 0.25) is 11.9 Å². The summed E-state index contributed by atoms with van der Waals surface area (Å²) in [6.45, 7) is 1.43. The second kappa shape index (κ2) is 5.50. The number of amides is 1. The molecule has 1 aromatic rings. The van der Waals surface area contributed by atoms with Crippen molar-refractivity contribution in [1.82, 2.24) is 0 Å². The Morgan fingerprint density at radius 1 is 1.38 bits per heavy atom. The lowest BCUT2D eigenvalue weighted by molar-refractivity contribution is -0.114. The standard InChI is InChI=1S/C10H13N5O/c1-7(16)14-9-5-3-2-4-8(9)6-13-15-10(11)12/h2-6H,1H3,(H,14,16)(H4,11,12,15). The maximum atomic E-state index is 10.9. The van der Waals surface area contributed by atoms with Crippen LogP contribution in [0, 0.1) is 0 Å². The van der Waals surface area contributed by atoms with Gasteiger partial charge in [-0.05, 0) is 6.07 Å². The lowest BCUT2D eigenvalue weighted by Gasteiger charge is -2.04. The molecule has 6 nitrogen and oxygen atoms in total. The number of para-hydroxylation sites is 1. The molecule has 0 heterocycles. The molecule has 0 fully saturated rings. The third-order valence-corrected chi connectivity index (χ3v) is 1.64. The van der Waals surface area contributed by atoms with Crippen LogP contribution in [0.4, 0.5) is 5.69 Å². The molecule has 0 aliphatic heterocycles. The summed E-state index contributed by atoms with van der Waals surface area (Å²) in [5.41, 5.74) is 11.6. The molecule has 6 heteroatoms. The van der Waals surface area contributed by atoms with E-state index < -0.39 is 0 Å². The van der Waals surface area contributed by atoms with Gasteiger partial charge in [0.25, 0.3) is 0 Å². The Kier molecular flexibility index (Phi) is 4.02. The van der Waals surface area contributed by atoms with Crippen LogP contribution in [0.25, 0.3) is 0 Å². The van der Waals surface area contributed by atoms with Gasteiger partial charge in [-0.15, -0.1) is 5.10 Å². The van der Waals surface area contributed by atoms with Crippen LogP contribution < -0.4 is 16.8 Å². The van der Waals surface area contributed by atoms with Crippen LogP contribution in [-0.2, 0) is 4.79 Å². The average molecular weight is 219 g/mol. The summed E-state index contributed by atoms with van der Waals surface area (Å²) in [5, 5.41) is 9.81. The molecule has 0 bridgehead atoms. The number of guanidine groups is 1. The molecule has 84 valence electrons. The van der Waals surface area contributed by atoms with Crippen molar-refractivity contribution in [2.45, 2.75) is 6.92 Å². The Morgan fingerprint density at radius 3 is 2.69 bits per heavy atom. The summed E-state index contributed by atoms with van der Waals surface area (Å²) < 4.78 is 0. The summed E-state index contributed by atoms with van der Waals surface area (Å²) >= 11 is 0. The van der Waals surface area contributed by atoms with Crippen molar-refractivity contribution in [3.05, 3.63) is 29.8 Å². The molecule has 16 heavy (non-hydrogen) atoms. The van der Waals surface area contributed by atoms with E-state index in [0.717, 1.165) is 5.56 Å². The summed E-state index contributed by atoms with van der Waals surface area (Å²) in [4.78, 5) is 10.9. The van der Waals surface area contributed by atoms with Crippen molar-refractivity contribution >= 4 is 23.8 Å². The van der Waals surface area contributed by atoms with Gasteiger partial charge < -0.3 is 16.8 Å². The number of nitrogens with two attached hydrogens (primary N) is 2. The molecule has 0 aromatic heterocycles. The second-order valence-electron chi connectivity index (χ2n) is 3.04. The van der Waals surface area contributed by atoms with Crippen LogP contribution in [0.5, 0.6) is 0 Å². The first-order chi connectivity index (χ1) is 7.59. The van der Waals surface area contributed by atoms with Crippen molar-refractivity contribution in [3.8, 4) is 0 Å². The van der Waals surface area contributed by atoms with Crippen LogP contribution >= 0.6 is 0 Å². The summed E-state index contributed by atoms with van der Waals surface area (Å²) in [7, 11) is 0. The number of carbonyl (C=O) groups is 1. The first kappa shape index (κ1) is 11.7. The van der Waals surface area contributed by atoms with E-state index in [0.29, 0.717) is 5.69 Å². The van der Waals surface area contributed by atoms with Crippen molar-refractivity contribution in [2.24, 2.45) is 21.7 Å². The number of nitrogens with zero attached hydrogens (tertiary/aromatic N) is 2. The monoisotopic (exact) mass is 219 g/mol. The molecule has 0 aliphatic carbocycles.